The molecule has 1 aliphatic heterocycles. The molecule has 2 amide bonds. The van der Waals surface area contributed by atoms with Crippen LogP contribution in [0.4, 0.5) is 10.5 Å². The minimum Gasteiger partial charge on any atom is -0.392 e. The van der Waals surface area contributed by atoms with E-state index in [9.17, 15) is 9.90 Å². The zero-order valence-electron chi connectivity index (χ0n) is 15.5. The number of rotatable bonds is 4. The Morgan fingerprint density at radius 2 is 2.12 bits per heavy atom. The molecule has 0 bridgehead atoms. The van der Waals surface area contributed by atoms with E-state index in [0.29, 0.717) is 25.6 Å². The van der Waals surface area contributed by atoms with Crippen LogP contribution >= 0.6 is 0 Å². The number of aliphatic hydroxyl groups excluding tert-OH is 1. The molecule has 2 fully saturated rings. The quantitative estimate of drug-likeness (QED) is 0.876. The largest absolute Gasteiger partial charge is 0.392 e. The van der Waals surface area contributed by atoms with E-state index in [-0.39, 0.29) is 23.7 Å². The molecule has 138 valence electrons. The highest BCUT2D eigenvalue weighted by Crippen LogP contribution is 2.50. The molecule has 0 radical (unpaired) electrons. The molecule has 1 saturated carbocycles. The first-order chi connectivity index (χ1) is 12.0. The summed E-state index contributed by atoms with van der Waals surface area (Å²) in [4.78, 5) is 14.4. The minimum atomic E-state index is -0.294. The number of nitrogens with one attached hydrogen (secondary N) is 1. The van der Waals surface area contributed by atoms with Crippen LogP contribution in [0.25, 0.3) is 0 Å². The fourth-order valence-corrected chi connectivity index (χ4v) is 4.12. The number of ether oxygens (including phenoxy) is 1. The molecule has 1 spiro atoms. The monoisotopic (exact) mass is 346 g/mol. The van der Waals surface area contributed by atoms with Crippen molar-refractivity contribution in [2.24, 2.45) is 5.41 Å². The van der Waals surface area contributed by atoms with Gasteiger partial charge >= 0.3 is 6.03 Å². The van der Waals surface area contributed by atoms with Gasteiger partial charge in [-0.25, -0.2) is 4.79 Å². The molecular formula is C20H30N2O3. The first-order valence-electron chi connectivity index (χ1n) is 9.42. The van der Waals surface area contributed by atoms with Gasteiger partial charge in [-0.2, -0.15) is 0 Å². The van der Waals surface area contributed by atoms with Gasteiger partial charge in [0.1, 0.15) is 0 Å². The number of carbonyl (C=O) groups excluding carboxylic acids is 1. The number of hydrogen-bond donors (Lipinski definition) is 2. The van der Waals surface area contributed by atoms with Gasteiger partial charge in [-0.15, -0.1) is 0 Å². The first kappa shape index (κ1) is 18.2. The summed E-state index contributed by atoms with van der Waals surface area (Å²) in [7, 11) is 0. The average Bonchev–Trinajstić information content (AvgIpc) is 2.62. The normalized spacial score (nSPS) is 25.1. The van der Waals surface area contributed by atoms with Gasteiger partial charge in [-0.1, -0.05) is 26.0 Å². The third-order valence-corrected chi connectivity index (χ3v) is 5.90. The molecule has 5 nitrogen and oxygen atoms in total. The van der Waals surface area contributed by atoms with Gasteiger partial charge in [0.15, 0.2) is 0 Å². The van der Waals surface area contributed by atoms with Crippen molar-refractivity contribution in [3.63, 3.8) is 0 Å². The van der Waals surface area contributed by atoms with E-state index < -0.39 is 0 Å². The van der Waals surface area contributed by atoms with E-state index in [1.807, 2.05) is 30.0 Å². The zero-order chi connectivity index (χ0) is 18.0. The lowest BCUT2D eigenvalue weighted by atomic mass is 9.58. The third kappa shape index (κ3) is 3.53. The maximum atomic E-state index is 12.6. The van der Waals surface area contributed by atoms with Crippen molar-refractivity contribution in [3.05, 3.63) is 29.8 Å². The second-order valence-corrected chi connectivity index (χ2v) is 7.63. The maximum absolute atomic E-state index is 12.6. The number of piperidine rings is 1. The predicted octanol–water partition coefficient (Wildman–Crippen LogP) is 3.59. The highest BCUT2D eigenvalue weighted by atomic mass is 16.5. The van der Waals surface area contributed by atoms with E-state index in [4.69, 9.17) is 4.74 Å². The lowest BCUT2D eigenvalue weighted by Gasteiger charge is -2.56. The summed E-state index contributed by atoms with van der Waals surface area (Å²) >= 11 is 0. The van der Waals surface area contributed by atoms with E-state index in [1.165, 1.54) is 5.56 Å². The Kier molecular flexibility index (Phi) is 5.35. The van der Waals surface area contributed by atoms with Gasteiger partial charge in [0.05, 0.1) is 12.2 Å². The van der Waals surface area contributed by atoms with E-state index >= 15 is 0 Å². The average molecular weight is 346 g/mol. The van der Waals surface area contributed by atoms with Crippen LogP contribution in [0.15, 0.2) is 24.3 Å². The number of benzene rings is 1. The standard InChI is InChI=1S/C20H30N2O3/c1-4-25-18-13-17(23)20(18)8-10-22(11-9-20)19(24)21-16-7-5-6-15(12-16)14(2)3/h5-7,12,14,17-18,23H,4,8-11,13H2,1-3H3,(H,21,24). The van der Waals surface area contributed by atoms with Crippen LogP contribution in [-0.4, -0.2) is 47.9 Å². The van der Waals surface area contributed by atoms with Crippen molar-refractivity contribution >= 4 is 11.7 Å². The highest BCUT2D eigenvalue weighted by molar-refractivity contribution is 5.89. The molecule has 2 N–H and O–H groups in total. The molecule has 3 rings (SSSR count). The lowest BCUT2D eigenvalue weighted by molar-refractivity contribution is -0.207. The zero-order valence-corrected chi connectivity index (χ0v) is 15.5. The second kappa shape index (κ2) is 7.34. The van der Waals surface area contributed by atoms with Crippen molar-refractivity contribution < 1.29 is 14.6 Å². The second-order valence-electron chi connectivity index (χ2n) is 7.63. The van der Waals surface area contributed by atoms with E-state index in [0.717, 1.165) is 24.9 Å². The first-order valence-corrected chi connectivity index (χ1v) is 9.42. The number of anilines is 1. The van der Waals surface area contributed by atoms with Crippen molar-refractivity contribution in [1.29, 1.82) is 0 Å². The molecule has 1 aromatic rings. The van der Waals surface area contributed by atoms with Crippen LogP contribution in [0.2, 0.25) is 0 Å². The van der Waals surface area contributed by atoms with Gasteiger partial charge in [0.25, 0.3) is 0 Å². The van der Waals surface area contributed by atoms with Crippen LogP contribution in [0, 0.1) is 5.41 Å². The lowest BCUT2D eigenvalue weighted by Crippen LogP contribution is -2.63. The van der Waals surface area contributed by atoms with Crippen molar-refractivity contribution in [1.82, 2.24) is 4.90 Å². The fraction of sp³-hybridized carbons (Fsp3) is 0.650. The SMILES string of the molecule is CCOC1CC(O)C12CCN(C(=O)Nc1cccc(C(C)C)c1)CC2. The molecule has 0 aromatic heterocycles. The van der Waals surface area contributed by atoms with Gasteiger partial charge in [0.2, 0.25) is 0 Å². The molecule has 2 unspecified atom stereocenters. The summed E-state index contributed by atoms with van der Waals surface area (Å²) < 4.78 is 5.79. The van der Waals surface area contributed by atoms with E-state index in [2.05, 4.69) is 25.2 Å². The summed E-state index contributed by atoms with van der Waals surface area (Å²) in [5.41, 5.74) is 1.91. The summed E-state index contributed by atoms with van der Waals surface area (Å²) in [6, 6.07) is 7.97. The number of likely N-dealkylation sites (tertiary alicyclic amines) is 1. The molecule has 1 heterocycles. The van der Waals surface area contributed by atoms with Gasteiger partial charge < -0.3 is 20.1 Å². The Hall–Kier alpha value is -1.59. The molecular weight excluding hydrogens is 316 g/mol. The van der Waals surface area contributed by atoms with Crippen LogP contribution in [0.3, 0.4) is 0 Å². The van der Waals surface area contributed by atoms with Crippen molar-refractivity contribution in [3.8, 4) is 0 Å². The van der Waals surface area contributed by atoms with Crippen LogP contribution in [-0.2, 0) is 4.74 Å². The summed E-state index contributed by atoms with van der Waals surface area (Å²) in [5, 5.41) is 13.3. The molecule has 2 atom stereocenters. The molecule has 1 aromatic carbocycles. The maximum Gasteiger partial charge on any atom is 0.321 e. The molecule has 5 heteroatoms. The van der Waals surface area contributed by atoms with Gasteiger partial charge in [0, 0.05) is 37.2 Å². The van der Waals surface area contributed by atoms with Crippen LogP contribution in [0.5, 0.6) is 0 Å². The molecule has 1 saturated heterocycles. The van der Waals surface area contributed by atoms with Crippen molar-refractivity contribution in [2.45, 2.75) is 58.2 Å². The number of nitrogens with zero attached hydrogens (tertiary/aromatic N) is 1. The summed E-state index contributed by atoms with van der Waals surface area (Å²) in [6.45, 7) is 8.28. The fourth-order valence-electron chi connectivity index (χ4n) is 4.12. The highest BCUT2D eigenvalue weighted by Gasteiger charge is 2.56. The summed E-state index contributed by atoms with van der Waals surface area (Å²) in [5.74, 6) is 0.433. The van der Waals surface area contributed by atoms with E-state index in [1.54, 1.807) is 0 Å². The Balaban J connectivity index is 1.58. The third-order valence-electron chi connectivity index (χ3n) is 5.90. The number of hydrogen-bond acceptors (Lipinski definition) is 3. The van der Waals surface area contributed by atoms with Crippen molar-refractivity contribution in [2.75, 3.05) is 25.0 Å². The topological polar surface area (TPSA) is 61.8 Å². The number of amides is 2. The van der Waals surface area contributed by atoms with Gasteiger partial charge in [-0.3, -0.25) is 0 Å². The smallest absolute Gasteiger partial charge is 0.321 e. The number of carbonyl (C=O) groups is 1. The van der Waals surface area contributed by atoms with Gasteiger partial charge in [-0.05, 0) is 43.4 Å². The minimum absolute atomic E-state index is 0.0578. The molecule has 25 heavy (non-hydrogen) atoms. The number of aliphatic hydroxyl groups is 1. The summed E-state index contributed by atoms with van der Waals surface area (Å²) in [6.07, 6.45) is 2.18. The van der Waals surface area contributed by atoms with Crippen LogP contribution in [0.1, 0.15) is 51.5 Å². The Labute approximate surface area is 150 Å². The Bertz CT molecular complexity index is 607. The Morgan fingerprint density at radius 1 is 1.40 bits per heavy atom. The molecule has 2 aliphatic rings. The predicted molar refractivity (Wildman–Crippen MR) is 98.8 cm³/mol. The number of urea groups is 1. The molecule has 1 aliphatic carbocycles. The van der Waals surface area contributed by atoms with Crippen LogP contribution < -0.4 is 5.32 Å². The Morgan fingerprint density at radius 3 is 2.72 bits per heavy atom.